The molecule has 0 aromatic carbocycles. The Bertz CT molecular complexity index is 385. The summed E-state index contributed by atoms with van der Waals surface area (Å²) in [5.41, 5.74) is 6.23. The lowest BCUT2D eigenvalue weighted by molar-refractivity contribution is 0.131. The lowest BCUT2D eigenvalue weighted by Gasteiger charge is -2.37. The minimum atomic E-state index is 0.126. The van der Waals surface area contributed by atoms with E-state index in [1.165, 1.54) is 24.3 Å². The Morgan fingerprint density at radius 3 is 2.44 bits per heavy atom. The second-order valence-electron chi connectivity index (χ2n) is 5.68. The zero-order chi connectivity index (χ0) is 13.3. The summed E-state index contributed by atoms with van der Waals surface area (Å²) < 4.78 is 0.853. The van der Waals surface area contributed by atoms with Gasteiger partial charge in [0.05, 0.1) is 10.4 Å². The Kier molecular flexibility index (Phi) is 4.70. The van der Waals surface area contributed by atoms with Crippen LogP contribution in [-0.4, -0.2) is 23.5 Å². The smallest absolute Gasteiger partial charge is 0.0931 e. The van der Waals surface area contributed by atoms with Gasteiger partial charge >= 0.3 is 0 Å². The van der Waals surface area contributed by atoms with Crippen molar-refractivity contribution < 1.29 is 0 Å². The number of rotatable bonds is 6. The van der Waals surface area contributed by atoms with Crippen LogP contribution in [0.2, 0.25) is 4.34 Å². The standard InChI is InChI=1S/C14H23ClN2S/c1-9(2)17(8-11-4-5-11)14(10(3)16)12-6-7-13(15)18-12/h6-7,9-11,14H,4-5,8,16H2,1-3H3. The average Bonchev–Trinajstić information content (AvgIpc) is 2.99. The number of halogens is 1. The maximum Gasteiger partial charge on any atom is 0.0931 e. The second-order valence-corrected chi connectivity index (χ2v) is 7.43. The molecule has 1 aliphatic rings. The summed E-state index contributed by atoms with van der Waals surface area (Å²) in [5, 5.41) is 0. The highest BCUT2D eigenvalue weighted by molar-refractivity contribution is 7.16. The number of hydrogen-bond acceptors (Lipinski definition) is 3. The fraction of sp³-hybridized carbons (Fsp3) is 0.714. The Labute approximate surface area is 119 Å². The van der Waals surface area contributed by atoms with Gasteiger partial charge in [-0.1, -0.05) is 11.6 Å². The summed E-state index contributed by atoms with van der Waals surface area (Å²) in [6, 6.07) is 5.04. The van der Waals surface area contributed by atoms with Crippen molar-refractivity contribution in [3.8, 4) is 0 Å². The first-order valence-corrected chi connectivity index (χ1v) is 7.95. The van der Waals surface area contributed by atoms with Crippen LogP contribution in [0.1, 0.15) is 44.5 Å². The normalized spacial score (nSPS) is 19.5. The summed E-state index contributed by atoms with van der Waals surface area (Å²) in [4.78, 5) is 3.84. The van der Waals surface area contributed by atoms with E-state index in [1.54, 1.807) is 11.3 Å². The van der Waals surface area contributed by atoms with Crippen LogP contribution in [0.5, 0.6) is 0 Å². The quantitative estimate of drug-likeness (QED) is 0.859. The first-order chi connectivity index (χ1) is 8.49. The Morgan fingerprint density at radius 2 is 2.06 bits per heavy atom. The van der Waals surface area contributed by atoms with E-state index in [0.29, 0.717) is 12.1 Å². The number of hydrogen-bond donors (Lipinski definition) is 1. The molecule has 102 valence electrons. The average molecular weight is 287 g/mol. The third kappa shape index (κ3) is 3.47. The van der Waals surface area contributed by atoms with Crippen LogP contribution in [0.3, 0.4) is 0 Å². The van der Waals surface area contributed by atoms with Gasteiger partial charge in [0.25, 0.3) is 0 Å². The van der Waals surface area contributed by atoms with Crippen molar-refractivity contribution in [1.29, 1.82) is 0 Å². The van der Waals surface area contributed by atoms with Gasteiger partial charge in [0.15, 0.2) is 0 Å². The van der Waals surface area contributed by atoms with Gasteiger partial charge in [-0.15, -0.1) is 11.3 Å². The molecule has 18 heavy (non-hydrogen) atoms. The zero-order valence-electron chi connectivity index (χ0n) is 11.4. The molecule has 0 bridgehead atoms. The molecule has 2 nitrogen and oxygen atoms in total. The van der Waals surface area contributed by atoms with Crippen molar-refractivity contribution in [2.24, 2.45) is 11.7 Å². The summed E-state index contributed by atoms with van der Waals surface area (Å²) in [7, 11) is 0. The SMILES string of the molecule is CC(N)C(c1ccc(Cl)s1)N(CC1CC1)C(C)C. The molecule has 1 fully saturated rings. The molecule has 1 aromatic rings. The topological polar surface area (TPSA) is 29.3 Å². The van der Waals surface area contributed by atoms with Crippen molar-refractivity contribution in [2.75, 3.05) is 6.54 Å². The van der Waals surface area contributed by atoms with Crippen LogP contribution >= 0.6 is 22.9 Å². The lowest BCUT2D eigenvalue weighted by Crippen LogP contribution is -2.43. The van der Waals surface area contributed by atoms with Crippen molar-refractivity contribution >= 4 is 22.9 Å². The molecule has 1 saturated carbocycles. The summed E-state index contributed by atoms with van der Waals surface area (Å²) in [6.45, 7) is 7.78. The lowest BCUT2D eigenvalue weighted by atomic mass is 10.0. The van der Waals surface area contributed by atoms with Gasteiger partial charge in [-0.25, -0.2) is 0 Å². The molecule has 1 aliphatic carbocycles. The van der Waals surface area contributed by atoms with E-state index < -0.39 is 0 Å². The van der Waals surface area contributed by atoms with Gasteiger partial charge in [-0.3, -0.25) is 4.90 Å². The van der Waals surface area contributed by atoms with Gasteiger partial charge in [-0.2, -0.15) is 0 Å². The third-order valence-corrected chi connectivity index (χ3v) is 4.87. The van der Waals surface area contributed by atoms with Crippen LogP contribution in [0, 0.1) is 5.92 Å². The van der Waals surface area contributed by atoms with Crippen LogP contribution in [0.4, 0.5) is 0 Å². The molecule has 0 aliphatic heterocycles. The molecule has 1 heterocycles. The van der Waals surface area contributed by atoms with Crippen LogP contribution in [0.15, 0.2) is 12.1 Å². The van der Waals surface area contributed by atoms with Crippen LogP contribution < -0.4 is 5.73 Å². The van der Waals surface area contributed by atoms with E-state index in [9.17, 15) is 0 Å². The summed E-state index contributed by atoms with van der Waals surface area (Å²) in [5.74, 6) is 0.879. The van der Waals surface area contributed by atoms with Crippen molar-refractivity contribution in [3.05, 3.63) is 21.3 Å². The molecule has 0 radical (unpaired) electrons. The summed E-state index contributed by atoms with van der Waals surface area (Å²) in [6.07, 6.45) is 2.75. The summed E-state index contributed by atoms with van der Waals surface area (Å²) >= 11 is 7.73. The van der Waals surface area contributed by atoms with E-state index in [1.807, 2.05) is 6.07 Å². The molecular weight excluding hydrogens is 264 g/mol. The predicted octanol–water partition coefficient (Wildman–Crippen LogP) is 3.91. The highest BCUT2D eigenvalue weighted by Gasteiger charge is 2.32. The maximum absolute atomic E-state index is 6.23. The molecule has 0 amide bonds. The van der Waals surface area contributed by atoms with Crippen LogP contribution in [0.25, 0.3) is 0 Å². The highest BCUT2D eigenvalue weighted by Crippen LogP contribution is 2.37. The maximum atomic E-state index is 6.23. The van der Waals surface area contributed by atoms with Gasteiger partial charge in [0.2, 0.25) is 0 Å². The molecular formula is C14H23ClN2S. The Morgan fingerprint density at radius 1 is 1.39 bits per heavy atom. The molecule has 0 saturated heterocycles. The largest absolute Gasteiger partial charge is 0.326 e. The Hall–Kier alpha value is -0.0900. The Balaban J connectivity index is 2.20. The molecule has 1 aromatic heterocycles. The van der Waals surface area contributed by atoms with Gasteiger partial charge in [0.1, 0.15) is 0 Å². The van der Waals surface area contributed by atoms with Gasteiger partial charge in [-0.05, 0) is 51.7 Å². The number of thiophene rings is 1. The minimum absolute atomic E-state index is 0.126. The molecule has 2 unspecified atom stereocenters. The van der Waals surface area contributed by atoms with Crippen molar-refractivity contribution in [2.45, 2.75) is 51.7 Å². The first kappa shape index (κ1) is 14.3. The highest BCUT2D eigenvalue weighted by atomic mass is 35.5. The molecule has 2 atom stereocenters. The number of nitrogens with two attached hydrogens (primary N) is 1. The third-order valence-electron chi connectivity index (χ3n) is 3.57. The van der Waals surface area contributed by atoms with E-state index in [0.717, 1.165) is 10.3 Å². The van der Waals surface area contributed by atoms with E-state index in [2.05, 4.69) is 31.7 Å². The zero-order valence-corrected chi connectivity index (χ0v) is 13.0. The molecule has 2 N–H and O–H groups in total. The van der Waals surface area contributed by atoms with E-state index in [-0.39, 0.29) is 6.04 Å². The first-order valence-electron chi connectivity index (χ1n) is 6.75. The van der Waals surface area contributed by atoms with Gasteiger partial charge < -0.3 is 5.73 Å². The fourth-order valence-electron chi connectivity index (χ4n) is 2.46. The van der Waals surface area contributed by atoms with Crippen molar-refractivity contribution in [1.82, 2.24) is 4.90 Å². The minimum Gasteiger partial charge on any atom is -0.326 e. The predicted molar refractivity (Wildman–Crippen MR) is 80.3 cm³/mol. The van der Waals surface area contributed by atoms with Crippen LogP contribution in [-0.2, 0) is 0 Å². The fourth-order valence-corrected chi connectivity index (χ4v) is 3.75. The van der Waals surface area contributed by atoms with E-state index >= 15 is 0 Å². The van der Waals surface area contributed by atoms with E-state index in [4.69, 9.17) is 17.3 Å². The molecule has 2 rings (SSSR count). The van der Waals surface area contributed by atoms with Crippen molar-refractivity contribution in [3.63, 3.8) is 0 Å². The monoisotopic (exact) mass is 286 g/mol. The number of nitrogens with zero attached hydrogens (tertiary/aromatic N) is 1. The van der Waals surface area contributed by atoms with Gasteiger partial charge in [0, 0.05) is 23.5 Å². The second kappa shape index (κ2) is 5.91. The molecule has 4 heteroatoms. The molecule has 0 spiro atoms.